The Kier molecular flexibility index (Phi) is 3.96. The molecule has 18 heavy (non-hydrogen) atoms. The van der Waals surface area contributed by atoms with Crippen molar-refractivity contribution in [2.45, 2.75) is 52.0 Å². The molecule has 0 bridgehead atoms. The van der Waals surface area contributed by atoms with Gasteiger partial charge in [0, 0.05) is 6.04 Å². The lowest BCUT2D eigenvalue weighted by molar-refractivity contribution is 0.218. The number of fused-ring (bicyclic) bond motifs is 1. The van der Waals surface area contributed by atoms with E-state index >= 15 is 0 Å². The van der Waals surface area contributed by atoms with Gasteiger partial charge in [0.15, 0.2) is 0 Å². The Morgan fingerprint density at radius 3 is 2.83 bits per heavy atom. The standard InChI is InChI=1S/C16H25NO/c1-4-16(2,3)15(17)11-12-9-10-18-14-8-6-5-7-13(12)14/h5-8,12,15H,4,9-11,17H2,1-3H3. The number of ether oxygens (including phenoxy) is 1. The number of benzene rings is 1. The molecule has 1 aliphatic rings. The second-order valence-corrected chi connectivity index (χ2v) is 6.06. The average molecular weight is 247 g/mol. The number of rotatable bonds is 4. The molecule has 2 unspecified atom stereocenters. The Bertz CT molecular complexity index is 400. The first-order valence-electron chi connectivity index (χ1n) is 7.02. The maximum atomic E-state index is 6.41. The molecule has 2 N–H and O–H groups in total. The van der Waals surface area contributed by atoms with E-state index in [0.29, 0.717) is 5.92 Å². The van der Waals surface area contributed by atoms with Crippen LogP contribution in [0.1, 0.15) is 51.5 Å². The maximum Gasteiger partial charge on any atom is 0.122 e. The van der Waals surface area contributed by atoms with Crippen LogP contribution in [0.2, 0.25) is 0 Å². The van der Waals surface area contributed by atoms with Gasteiger partial charge >= 0.3 is 0 Å². The number of hydrogen-bond donors (Lipinski definition) is 1. The highest BCUT2D eigenvalue weighted by Crippen LogP contribution is 2.38. The van der Waals surface area contributed by atoms with E-state index in [1.807, 2.05) is 6.07 Å². The minimum Gasteiger partial charge on any atom is -0.493 e. The number of para-hydroxylation sites is 1. The highest BCUT2D eigenvalue weighted by molar-refractivity contribution is 5.37. The van der Waals surface area contributed by atoms with Gasteiger partial charge in [-0.05, 0) is 42.2 Å². The van der Waals surface area contributed by atoms with Crippen molar-refractivity contribution >= 4 is 0 Å². The van der Waals surface area contributed by atoms with Crippen LogP contribution in [0.25, 0.3) is 0 Å². The van der Waals surface area contributed by atoms with E-state index in [1.165, 1.54) is 5.56 Å². The third-order valence-electron chi connectivity index (χ3n) is 4.54. The van der Waals surface area contributed by atoms with E-state index in [4.69, 9.17) is 10.5 Å². The second kappa shape index (κ2) is 5.31. The molecule has 1 aromatic carbocycles. The molecule has 1 aromatic rings. The van der Waals surface area contributed by atoms with Crippen LogP contribution in [0.5, 0.6) is 5.75 Å². The molecule has 100 valence electrons. The van der Waals surface area contributed by atoms with Crippen LogP contribution < -0.4 is 10.5 Å². The molecule has 0 amide bonds. The Labute approximate surface area is 111 Å². The Morgan fingerprint density at radius 1 is 1.39 bits per heavy atom. The van der Waals surface area contributed by atoms with Crippen LogP contribution in [0.15, 0.2) is 24.3 Å². The molecule has 0 saturated carbocycles. The molecule has 2 heteroatoms. The van der Waals surface area contributed by atoms with Crippen LogP contribution in [-0.4, -0.2) is 12.6 Å². The zero-order valence-corrected chi connectivity index (χ0v) is 11.8. The van der Waals surface area contributed by atoms with Gasteiger partial charge in [-0.2, -0.15) is 0 Å². The first kappa shape index (κ1) is 13.4. The summed E-state index contributed by atoms with van der Waals surface area (Å²) in [4.78, 5) is 0. The molecule has 0 saturated heterocycles. The summed E-state index contributed by atoms with van der Waals surface area (Å²) in [6, 6.07) is 8.63. The average Bonchev–Trinajstić information content (AvgIpc) is 2.39. The van der Waals surface area contributed by atoms with Crippen LogP contribution in [0.4, 0.5) is 0 Å². The molecule has 2 atom stereocenters. The van der Waals surface area contributed by atoms with Crippen molar-refractivity contribution in [3.8, 4) is 5.75 Å². The molecule has 0 aliphatic carbocycles. The van der Waals surface area contributed by atoms with Gasteiger partial charge in [-0.3, -0.25) is 0 Å². The van der Waals surface area contributed by atoms with Crippen molar-refractivity contribution < 1.29 is 4.74 Å². The fourth-order valence-electron chi connectivity index (χ4n) is 2.55. The molecule has 2 nitrogen and oxygen atoms in total. The van der Waals surface area contributed by atoms with Gasteiger partial charge in [-0.1, -0.05) is 39.0 Å². The van der Waals surface area contributed by atoms with Crippen LogP contribution in [-0.2, 0) is 0 Å². The van der Waals surface area contributed by atoms with Gasteiger partial charge in [0.1, 0.15) is 5.75 Å². The number of hydrogen-bond acceptors (Lipinski definition) is 2. The van der Waals surface area contributed by atoms with Crippen molar-refractivity contribution in [3.63, 3.8) is 0 Å². The van der Waals surface area contributed by atoms with Gasteiger partial charge in [0.25, 0.3) is 0 Å². The van der Waals surface area contributed by atoms with Gasteiger partial charge in [-0.15, -0.1) is 0 Å². The third-order valence-corrected chi connectivity index (χ3v) is 4.54. The fourth-order valence-corrected chi connectivity index (χ4v) is 2.55. The molecule has 1 heterocycles. The van der Waals surface area contributed by atoms with Crippen molar-refractivity contribution in [2.75, 3.05) is 6.61 Å². The lowest BCUT2D eigenvalue weighted by atomic mass is 9.76. The van der Waals surface area contributed by atoms with Crippen LogP contribution in [0, 0.1) is 5.41 Å². The Morgan fingerprint density at radius 2 is 2.11 bits per heavy atom. The lowest BCUT2D eigenvalue weighted by Gasteiger charge is -2.35. The molecule has 0 fully saturated rings. The van der Waals surface area contributed by atoms with Crippen molar-refractivity contribution in [1.29, 1.82) is 0 Å². The molecular weight excluding hydrogens is 222 g/mol. The molecular formula is C16H25NO. The summed E-state index contributed by atoms with van der Waals surface area (Å²) < 4.78 is 5.71. The number of nitrogens with two attached hydrogens (primary N) is 1. The largest absolute Gasteiger partial charge is 0.493 e. The van der Waals surface area contributed by atoms with Gasteiger partial charge in [0.2, 0.25) is 0 Å². The van der Waals surface area contributed by atoms with E-state index in [-0.39, 0.29) is 11.5 Å². The minimum absolute atomic E-state index is 0.216. The zero-order chi connectivity index (χ0) is 13.2. The molecule has 1 aliphatic heterocycles. The molecule has 0 aromatic heterocycles. The van der Waals surface area contributed by atoms with Gasteiger partial charge in [-0.25, -0.2) is 0 Å². The molecule has 0 radical (unpaired) electrons. The highest BCUT2D eigenvalue weighted by atomic mass is 16.5. The van der Waals surface area contributed by atoms with E-state index < -0.39 is 0 Å². The maximum absolute atomic E-state index is 6.41. The van der Waals surface area contributed by atoms with Crippen LogP contribution >= 0.6 is 0 Å². The molecule has 2 rings (SSSR count). The van der Waals surface area contributed by atoms with Crippen molar-refractivity contribution in [3.05, 3.63) is 29.8 Å². The monoisotopic (exact) mass is 247 g/mol. The van der Waals surface area contributed by atoms with Gasteiger partial charge < -0.3 is 10.5 Å². The second-order valence-electron chi connectivity index (χ2n) is 6.06. The Hall–Kier alpha value is -1.02. The normalized spacial score (nSPS) is 21.0. The first-order valence-corrected chi connectivity index (χ1v) is 7.02. The van der Waals surface area contributed by atoms with Crippen molar-refractivity contribution in [2.24, 2.45) is 11.1 Å². The predicted molar refractivity (Wildman–Crippen MR) is 76.0 cm³/mol. The predicted octanol–water partition coefficient (Wildman–Crippen LogP) is 3.71. The summed E-state index contributed by atoms with van der Waals surface area (Å²) in [5.74, 6) is 1.60. The summed E-state index contributed by atoms with van der Waals surface area (Å²) in [5, 5.41) is 0. The van der Waals surface area contributed by atoms with E-state index in [1.54, 1.807) is 0 Å². The fraction of sp³-hybridized carbons (Fsp3) is 0.625. The smallest absolute Gasteiger partial charge is 0.122 e. The molecule has 0 spiro atoms. The Balaban J connectivity index is 2.12. The SMILES string of the molecule is CCC(C)(C)C(N)CC1CCOc2ccccc21. The quantitative estimate of drug-likeness (QED) is 0.880. The third kappa shape index (κ3) is 2.69. The summed E-state index contributed by atoms with van der Waals surface area (Å²) in [5.41, 5.74) is 7.96. The summed E-state index contributed by atoms with van der Waals surface area (Å²) >= 11 is 0. The zero-order valence-electron chi connectivity index (χ0n) is 11.8. The lowest BCUT2D eigenvalue weighted by Crippen LogP contribution is -2.38. The van der Waals surface area contributed by atoms with E-state index in [9.17, 15) is 0 Å². The highest BCUT2D eigenvalue weighted by Gasteiger charge is 2.29. The van der Waals surface area contributed by atoms with Crippen LogP contribution in [0.3, 0.4) is 0 Å². The van der Waals surface area contributed by atoms with Gasteiger partial charge in [0.05, 0.1) is 6.61 Å². The first-order chi connectivity index (χ1) is 8.54. The summed E-state index contributed by atoms with van der Waals surface area (Å²) in [6.45, 7) is 7.57. The summed E-state index contributed by atoms with van der Waals surface area (Å²) in [7, 11) is 0. The van der Waals surface area contributed by atoms with Crippen molar-refractivity contribution in [1.82, 2.24) is 0 Å². The topological polar surface area (TPSA) is 35.2 Å². The van der Waals surface area contributed by atoms with E-state index in [0.717, 1.165) is 31.6 Å². The minimum atomic E-state index is 0.216. The van der Waals surface area contributed by atoms with E-state index in [2.05, 4.69) is 39.0 Å². The summed E-state index contributed by atoms with van der Waals surface area (Å²) in [6.07, 6.45) is 3.27.